The van der Waals surface area contributed by atoms with Gasteiger partial charge in [0.05, 0.1) is 6.20 Å². The maximum absolute atomic E-state index is 5.37. The van der Waals surface area contributed by atoms with Crippen molar-refractivity contribution in [3.63, 3.8) is 0 Å². The van der Waals surface area contributed by atoms with Crippen molar-refractivity contribution in [2.45, 2.75) is 64.7 Å². The summed E-state index contributed by atoms with van der Waals surface area (Å²) >= 11 is 0. The Balaban J connectivity index is 2.27. The van der Waals surface area contributed by atoms with E-state index in [-0.39, 0.29) is 5.41 Å². The molecule has 0 aliphatic rings. The Kier molecular flexibility index (Phi) is 5.21. The molecule has 0 saturated heterocycles. The maximum Gasteiger partial charge on any atom is 0.181 e. The SMILES string of the molecule is CCCCCC(C)(CCC)c1cc(-c2cnco2)nn1C. The van der Waals surface area contributed by atoms with Gasteiger partial charge in [-0.15, -0.1) is 0 Å². The van der Waals surface area contributed by atoms with Crippen molar-refractivity contribution in [1.29, 1.82) is 0 Å². The third-order valence-corrected chi connectivity index (χ3v) is 4.32. The summed E-state index contributed by atoms with van der Waals surface area (Å²) in [6.07, 6.45) is 10.6. The van der Waals surface area contributed by atoms with Gasteiger partial charge in [-0.05, 0) is 18.9 Å². The Morgan fingerprint density at radius 3 is 2.62 bits per heavy atom. The zero-order valence-corrected chi connectivity index (χ0v) is 13.7. The van der Waals surface area contributed by atoms with Gasteiger partial charge in [0.25, 0.3) is 0 Å². The van der Waals surface area contributed by atoms with Gasteiger partial charge in [0.1, 0.15) is 5.69 Å². The lowest BCUT2D eigenvalue weighted by molar-refractivity contribution is 0.355. The molecule has 0 N–H and O–H groups in total. The van der Waals surface area contributed by atoms with Gasteiger partial charge in [0.15, 0.2) is 12.2 Å². The highest BCUT2D eigenvalue weighted by atomic mass is 16.3. The molecule has 0 amide bonds. The summed E-state index contributed by atoms with van der Waals surface area (Å²) in [6, 6.07) is 2.17. The second-order valence-electron chi connectivity index (χ2n) is 6.17. The van der Waals surface area contributed by atoms with Gasteiger partial charge >= 0.3 is 0 Å². The fourth-order valence-electron chi connectivity index (χ4n) is 3.19. The standard InChI is InChI=1S/C17H27N3O/c1-5-7-8-10-17(3,9-6-2)16-11-14(19-20(16)4)15-12-18-13-21-15/h11-13H,5-10H2,1-4H3. The van der Waals surface area contributed by atoms with Crippen LogP contribution >= 0.6 is 0 Å². The van der Waals surface area contributed by atoms with Crippen LogP contribution in [0.4, 0.5) is 0 Å². The quantitative estimate of drug-likeness (QED) is 0.661. The van der Waals surface area contributed by atoms with Crippen LogP contribution in [0, 0.1) is 0 Å². The zero-order chi connectivity index (χ0) is 15.3. The van der Waals surface area contributed by atoms with Crippen molar-refractivity contribution < 1.29 is 4.42 Å². The highest BCUT2D eigenvalue weighted by Crippen LogP contribution is 2.36. The van der Waals surface area contributed by atoms with E-state index in [1.165, 1.54) is 50.6 Å². The minimum Gasteiger partial charge on any atom is -0.442 e. The van der Waals surface area contributed by atoms with Crippen molar-refractivity contribution in [1.82, 2.24) is 14.8 Å². The average Bonchev–Trinajstić information content (AvgIpc) is 3.08. The number of aromatic nitrogens is 3. The van der Waals surface area contributed by atoms with Crippen LogP contribution in [0.25, 0.3) is 11.5 Å². The van der Waals surface area contributed by atoms with E-state index in [1.807, 2.05) is 11.7 Å². The normalized spacial score (nSPS) is 14.3. The molecule has 1 atom stereocenters. The van der Waals surface area contributed by atoms with E-state index >= 15 is 0 Å². The van der Waals surface area contributed by atoms with Gasteiger partial charge in [-0.25, -0.2) is 4.98 Å². The lowest BCUT2D eigenvalue weighted by atomic mass is 9.77. The van der Waals surface area contributed by atoms with Crippen molar-refractivity contribution in [3.05, 3.63) is 24.4 Å². The molecule has 0 aromatic carbocycles. The van der Waals surface area contributed by atoms with Crippen LogP contribution in [0.5, 0.6) is 0 Å². The van der Waals surface area contributed by atoms with E-state index in [0.717, 1.165) is 11.5 Å². The van der Waals surface area contributed by atoms with Gasteiger partial charge in [-0.3, -0.25) is 4.68 Å². The third kappa shape index (κ3) is 3.55. The highest BCUT2D eigenvalue weighted by molar-refractivity contribution is 5.51. The van der Waals surface area contributed by atoms with E-state index in [1.54, 1.807) is 6.20 Å². The molecule has 2 rings (SSSR count). The second kappa shape index (κ2) is 6.92. The lowest BCUT2D eigenvalue weighted by Crippen LogP contribution is -2.25. The van der Waals surface area contributed by atoms with Crippen LogP contribution in [-0.4, -0.2) is 14.8 Å². The monoisotopic (exact) mass is 289 g/mol. The minimum absolute atomic E-state index is 0.184. The van der Waals surface area contributed by atoms with Crippen molar-refractivity contribution >= 4 is 0 Å². The van der Waals surface area contributed by atoms with Crippen LogP contribution in [0.15, 0.2) is 23.1 Å². The topological polar surface area (TPSA) is 43.9 Å². The molecule has 2 aromatic rings. The lowest BCUT2D eigenvalue weighted by Gasteiger charge is -2.29. The van der Waals surface area contributed by atoms with Gasteiger partial charge in [0, 0.05) is 18.2 Å². The Hall–Kier alpha value is -1.58. The van der Waals surface area contributed by atoms with E-state index in [9.17, 15) is 0 Å². The Bertz CT molecular complexity index is 544. The number of rotatable bonds is 8. The molecule has 1 unspecified atom stereocenters. The number of hydrogen-bond donors (Lipinski definition) is 0. The molecule has 21 heavy (non-hydrogen) atoms. The number of nitrogens with zero attached hydrogens (tertiary/aromatic N) is 3. The fraction of sp³-hybridized carbons (Fsp3) is 0.647. The molecule has 2 heterocycles. The molecule has 0 aliphatic heterocycles. The van der Waals surface area contributed by atoms with Crippen LogP contribution < -0.4 is 0 Å². The summed E-state index contributed by atoms with van der Waals surface area (Å²) in [5.74, 6) is 0.740. The molecule has 0 spiro atoms. The highest BCUT2D eigenvalue weighted by Gasteiger charge is 2.29. The number of hydrogen-bond acceptors (Lipinski definition) is 3. The smallest absolute Gasteiger partial charge is 0.181 e. The Morgan fingerprint density at radius 2 is 2.00 bits per heavy atom. The Labute approximate surface area is 127 Å². The molecule has 116 valence electrons. The number of unbranched alkanes of at least 4 members (excludes halogenated alkanes) is 2. The van der Waals surface area contributed by atoms with E-state index < -0.39 is 0 Å². The second-order valence-corrected chi connectivity index (χ2v) is 6.17. The summed E-state index contributed by atoms with van der Waals surface area (Å²) < 4.78 is 7.39. The summed E-state index contributed by atoms with van der Waals surface area (Å²) in [5, 5.41) is 4.61. The molecule has 0 radical (unpaired) electrons. The van der Waals surface area contributed by atoms with Gasteiger partial charge in [-0.1, -0.05) is 46.5 Å². The molecule has 4 heteroatoms. The van der Waals surface area contributed by atoms with E-state index in [4.69, 9.17) is 4.42 Å². The predicted octanol–water partition coefficient (Wildman–Crippen LogP) is 4.71. The first-order valence-corrected chi connectivity index (χ1v) is 8.04. The molecule has 0 aliphatic carbocycles. The zero-order valence-electron chi connectivity index (χ0n) is 13.7. The third-order valence-electron chi connectivity index (χ3n) is 4.32. The van der Waals surface area contributed by atoms with Crippen LogP contribution in [0.1, 0.15) is 65.0 Å². The fourth-order valence-corrected chi connectivity index (χ4v) is 3.19. The average molecular weight is 289 g/mol. The van der Waals surface area contributed by atoms with Gasteiger partial charge in [0.2, 0.25) is 0 Å². The van der Waals surface area contributed by atoms with E-state index in [2.05, 4.69) is 36.9 Å². The first kappa shape index (κ1) is 15.8. The number of aryl methyl sites for hydroxylation is 1. The van der Waals surface area contributed by atoms with Crippen molar-refractivity contribution in [2.24, 2.45) is 7.05 Å². The summed E-state index contributed by atoms with van der Waals surface area (Å²) in [6.45, 7) is 6.88. The van der Waals surface area contributed by atoms with Gasteiger partial charge < -0.3 is 4.42 Å². The van der Waals surface area contributed by atoms with Crippen LogP contribution in [0.2, 0.25) is 0 Å². The Morgan fingerprint density at radius 1 is 1.19 bits per heavy atom. The largest absolute Gasteiger partial charge is 0.442 e. The van der Waals surface area contributed by atoms with Crippen LogP contribution in [-0.2, 0) is 12.5 Å². The molecule has 0 bridgehead atoms. The molecule has 2 aromatic heterocycles. The van der Waals surface area contributed by atoms with Crippen molar-refractivity contribution in [2.75, 3.05) is 0 Å². The van der Waals surface area contributed by atoms with E-state index in [0.29, 0.717) is 0 Å². The molecular formula is C17H27N3O. The molecule has 4 nitrogen and oxygen atoms in total. The number of oxazole rings is 1. The summed E-state index contributed by atoms with van der Waals surface area (Å²) in [4.78, 5) is 3.98. The maximum atomic E-state index is 5.37. The van der Waals surface area contributed by atoms with Crippen molar-refractivity contribution in [3.8, 4) is 11.5 Å². The van der Waals surface area contributed by atoms with Gasteiger partial charge in [-0.2, -0.15) is 5.10 Å². The first-order valence-electron chi connectivity index (χ1n) is 8.04. The summed E-state index contributed by atoms with van der Waals surface area (Å²) in [7, 11) is 2.03. The first-order chi connectivity index (χ1) is 10.1. The summed E-state index contributed by atoms with van der Waals surface area (Å²) in [5.41, 5.74) is 2.36. The van der Waals surface area contributed by atoms with Crippen LogP contribution in [0.3, 0.4) is 0 Å². The molecule has 0 saturated carbocycles. The molecule has 0 fully saturated rings. The predicted molar refractivity (Wildman–Crippen MR) is 85.1 cm³/mol. The molecular weight excluding hydrogens is 262 g/mol. The minimum atomic E-state index is 0.184.